The number of nitrogens with one attached hydrogen (secondary N) is 1. The van der Waals surface area contributed by atoms with Gasteiger partial charge in [0.2, 0.25) is 5.91 Å². The van der Waals surface area contributed by atoms with E-state index < -0.39 is 0 Å². The topological polar surface area (TPSA) is 55.4 Å². The van der Waals surface area contributed by atoms with Crippen molar-refractivity contribution in [3.05, 3.63) is 71.3 Å². The average Bonchev–Trinajstić information content (AvgIpc) is 2.82. The van der Waals surface area contributed by atoms with Crippen molar-refractivity contribution in [2.24, 2.45) is 23.2 Å². The lowest BCUT2D eigenvalue weighted by Crippen LogP contribution is -2.53. The number of benzene rings is 2. The smallest absolute Gasteiger partial charge is 0.338 e. The van der Waals surface area contributed by atoms with Gasteiger partial charge in [0.1, 0.15) is 0 Å². The standard InChI is InChI=1S/C29H35NO3/c1-2-33-27(31)25-10-8-24(9-11-25)26(23-6-4-3-5-7-23)12-13-30-28(32)29-17-20-14-21(18-29)16-22(15-20)19-29/h3-11,20-22,26H,2,12-19H2,1H3,(H,30,32). The zero-order valence-corrected chi connectivity index (χ0v) is 19.6. The van der Waals surface area contributed by atoms with Crippen LogP contribution < -0.4 is 5.32 Å². The Morgan fingerprint density at radius 3 is 2.06 bits per heavy atom. The fourth-order valence-electron chi connectivity index (χ4n) is 7.18. The quantitative estimate of drug-likeness (QED) is 0.529. The van der Waals surface area contributed by atoms with Crippen molar-refractivity contribution in [2.75, 3.05) is 13.2 Å². The van der Waals surface area contributed by atoms with Crippen LogP contribution in [0.2, 0.25) is 0 Å². The first-order valence-electron chi connectivity index (χ1n) is 12.7. The highest BCUT2D eigenvalue weighted by molar-refractivity contribution is 5.89. The predicted octanol–water partition coefficient (Wildman–Crippen LogP) is 5.72. The number of hydrogen-bond donors (Lipinski definition) is 1. The number of esters is 1. The molecule has 4 heteroatoms. The van der Waals surface area contributed by atoms with Gasteiger partial charge in [-0.1, -0.05) is 42.5 Å². The molecule has 4 bridgehead atoms. The van der Waals surface area contributed by atoms with Crippen LogP contribution in [0.3, 0.4) is 0 Å². The molecule has 4 aliphatic rings. The largest absolute Gasteiger partial charge is 0.462 e. The Kier molecular flexibility index (Phi) is 6.27. The summed E-state index contributed by atoms with van der Waals surface area (Å²) < 4.78 is 5.12. The molecule has 6 rings (SSSR count). The van der Waals surface area contributed by atoms with Crippen molar-refractivity contribution < 1.29 is 14.3 Å². The van der Waals surface area contributed by atoms with Crippen LogP contribution in [0.5, 0.6) is 0 Å². The fourth-order valence-corrected chi connectivity index (χ4v) is 7.18. The summed E-state index contributed by atoms with van der Waals surface area (Å²) in [5.41, 5.74) is 2.85. The van der Waals surface area contributed by atoms with E-state index in [9.17, 15) is 9.59 Å². The molecule has 174 valence electrons. The summed E-state index contributed by atoms with van der Waals surface area (Å²) in [6.45, 7) is 2.85. The summed E-state index contributed by atoms with van der Waals surface area (Å²) in [5, 5.41) is 3.34. The Bertz CT molecular complexity index is 946. The summed E-state index contributed by atoms with van der Waals surface area (Å²) in [5.74, 6) is 2.50. The molecule has 4 aliphatic carbocycles. The van der Waals surface area contributed by atoms with Gasteiger partial charge >= 0.3 is 5.97 Å². The van der Waals surface area contributed by atoms with Crippen molar-refractivity contribution >= 4 is 11.9 Å². The number of carbonyl (C=O) groups excluding carboxylic acids is 2. The maximum Gasteiger partial charge on any atom is 0.338 e. The van der Waals surface area contributed by atoms with Gasteiger partial charge in [-0.15, -0.1) is 0 Å². The van der Waals surface area contributed by atoms with Gasteiger partial charge in [0.05, 0.1) is 12.2 Å². The van der Waals surface area contributed by atoms with Crippen LogP contribution in [0.25, 0.3) is 0 Å². The molecule has 0 aromatic heterocycles. The minimum Gasteiger partial charge on any atom is -0.462 e. The van der Waals surface area contributed by atoms with Gasteiger partial charge in [-0.05, 0) is 92.9 Å². The molecule has 33 heavy (non-hydrogen) atoms. The summed E-state index contributed by atoms with van der Waals surface area (Å²) in [6.07, 6.45) is 8.19. The fraction of sp³-hybridized carbons (Fsp3) is 0.517. The van der Waals surface area contributed by atoms with Gasteiger partial charge in [-0.25, -0.2) is 4.79 Å². The monoisotopic (exact) mass is 445 g/mol. The number of hydrogen-bond acceptors (Lipinski definition) is 3. The SMILES string of the molecule is CCOC(=O)c1ccc(C(CCNC(=O)C23CC4CC(CC(C4)C2)C3)c2ccccc2)cc1. The van der Waals surface area contributed by atoms with Gasteiger partial charge in [-0.3, -0.25) is 4.79 Å². The van der Waals surface area contributed by atoms with Crippen LogP contribution in [0.1, 0.15) is 79.3 Å². The summed E-state index contributed by atoms with van der Waals surface area (Å²) in [7, 11) is 0. The van der Waals surface area contributed by atoms with E-state index in [2.05, 4.69) is 29.6 Å². The second kappa shape index (κ2) is 9.32. The third-order valence-corrected chi connectivity index (χ3v) is 8.26. The summed E-state index contributed by atoms with van der Waals surface area (Å²) in [4.78, 5) is 25.4. The first kappa shape index (κ1) is 22.2. The molecule has 0 saturated heterocycles. The van der Waals surface area contributed by atoms with Crippen LogP contribution in [-0.4, -0.2) is 25.0 Å². The lowest BCUT2D eigenvalue weighted by molar-refractivity contribution is -0.146. The second-order valence-electron chi connectivity index (χ2n) is 10.5. The third kappa shape index (κ3) is 4.58. The van der Waals surface area contributed by atoms with Crippen LogP contribution >= 0.6 is 0 Å². The molecule has 0 heterocycles. The molecule has 4 fully saturated rings. The molecule has 2 aromatic carbocycles. The first-order chi connectivity index (χ1) is 16.1. The minimum atomic E-state index is -0.289. The van der Waals surface area contributed by atoms with Gasteiger partial charge in [-0.2, -0.15) is 0 Å². The van der Waals surface area contributed by atoms with Crippen LogP contribution in [0, 0.1) is 23.2 Å². The highest BCUT2D eigenvalue weighted by atomic mass is 16.5. The molecular formula is C29H35NO3. The second-order valence-corrected chi connectivity index (χ2v) is 10.5. The van der Waals surface area contributed by atoms with Crippen LogP contribution in [0.15, 0.2) is 54.6 Å². The van der Waals surface area contributed by atoms with Crippen LogP contribution in [-0.2, 0) is 9.53 Å². The summed E-state index contributed by atoms with van der Waals surface area (Å²) >= 11 is 0. The van der Waals surface area contributed by atoms with Crippen molar-refractivity contribution in [3.63, 3.8) is 0 Å². The Morgan fingerprint density at radius 2 is 1.48 bits per heavy atom. The molecule has 0 aliphatic heterocycles. The number of rotatable bonds is 8. The molecule has 4 nitrogen and oxygen atoms in total. The average molecular weight is 446 g/mol. The predicted molar refractivity (Wildman–Crippen MR) is 129 cm³/mol. The molecule has 0 radical (unpaired) electrons. The Balaban J connectivity index is 1.27. The van der Waals surface area contributed by atoms with E-state index in [1.807, 2.05) is 37.3 Å². The van der Waals surface area contributed by atoms with Crippen molar-refractivity contribution in [1.29, 1.82) is 0 Å². The molecule has 1 unspecified atom stereocenters. The highest BCUT2D eigenvalue weighted by Gasteiger charge is 2.54. The maximum atomic E-state index is 13.4. The third-order valence-electron chi connectivity index (χ3n) is 8.26. The Morgan fingerprint density at radius 1 is 0.909 bits per heavy atom. The first-order valence-corrected chi connectivity index (χ1v) is 12.7. The van der Waals surface area contributed by atoms with Crippen LogP contribution in [0.4, 0.5) is 0 Å². The van der Waals surface area contributed by atoms with E-state index >= 15 is 0 Å². The Labute approximate surface area is 197 Å². The zero-order valence-electron chi connectivity index (χ0n) is 19.6. The number of amides is 1. The molecule has 4 saturated carbocycles. The van der Waals surface area contributed by atoms with E-state index in [0.29, 0.717) is 24.6 Å². The lowest BCUT2D eigenvalue weighted by atomic mass is 9.49. The summed E-state index contributed by atoms with van der Waals surface area (Å²) in [6, 6.07) is 18.2. The lowest BCUT2D eigenvalue weighted by Gasteiger charge is -2.55. The van der Waals surface area contributed by atoms with E-state index in [0.717, 1.165) is 49.0 Å². The number of carbonyl (C=O) groups is 2. The van der Waals surface area contributed by atoms with Gasteiger partial charge < -0.3 is 10.1 Å². The molecule has 1 amide bonds. The van der Waals surface area contributed by atoms with Crippen molar-refractivity contribution in [3.8, 4) is 0 Å². The normalized spacial score (nSPS) is 28.3. The van der Waals surface area contributed by atoms with E-state index in [4.69, 9.17) is 4.74 Å². The maximum absolute atomic E-state index is 13.4. The van der Waals surface area contributed by atoms with Gasteiger partial charge in [0, 0.05) is 17.9 Å². The van der Waals surface area contributed by atoms with E-state index in [1.54, 1.807) is 0 Å². The number of ether oxygens (including phenoxy) is 1. The van der Waals surface area contributed by atoms with Crippen molar-refractivity contribution in [2.45, 2.75) is 57.8 Å². The minimum absolute atomic E-state index is 0.0989. The van der Waals surface area contributed by atoms with Gasteiger partial charge in [0.15, 0.2) is 0 Å². The van der Waals surface area contributed by atoms with Crippen molar-refractivity contribution in [1.82, 2.24) is 5.32 Å². The highest BCUT2D eigenvalue weighted by Crippen LogP contribution is 2.60. The zero-order chi connectivity index (χ0) is 22.8. The Hall–Kier alpha value is -2.62. The molecule has 1 N–H and O–H groups in total. The van der Waals surface area contributed by atoms with E-state index in [-0.39, 0.29) is 17.3 Å². The molecular weight excluding hydrogens is 410 g/mol. The molecule has 0 spiro atoms. The molecule has 1 atom stereocenters. The molecule has 2 aromatic rings. The van der Waals surface area contributed by atoms with E-state index in [1.165, 1.54) is 24.8 Å². The van der Waals surface area contributed by atoms with Gasteiger partial charge in [0.25, 0.3) is 0 Å².